The molecule has 1 heterocycles. The van der Waals surface area contributed by atoms with Crippen LogP contribution in [0.4, 0.5) is 4.39 Å². The molecular weight excluding hydrogens is 223 g/mol. The van der Waals surface area contributed by atoms with Crippen LogP contribution in [0.25, 0.3) is 0 Å². The lowest BCUT2D eigenvalue weighted by atomic mass is 10.2. The predicted molar refractivity (Wildman–Crippen MR) is 58.6 cm³/mol. The molecule has 1 N–H and O–H groups in total. The lowest BCUT2D eigenvalue weighted by Crippen LogP contribution is -2.25. The molecule has 88 valence electrons. The molecule has 1 amide bonds. The Morgan fingerprint density at radius 1 is 1.47 bits per heavy atom. The topological polar surface area (TPSA) is 59.8 Å². The van der Waals surface area contributed by atoms with Crippen molar-refractivity contribution in [3.05, 3.63) is 47.8 Å². The summed E-state index contributed by atoms with van der Waals surface area (Å²) in [5, 5.41) is 10.1. The molecule has 6 heteroatoms. The fourth-order valence-corrected chi connectivity index (χ4v) is 1.37. The summed E-state index contributed by atoms with van der Waals surface area (Å²) in [6.45, 7) is 0.212. The fourth-order valence-electron chi connectivity index (χ4n) is 1.37. The number of amides is 1. The molecule has 0 aliphatic carbocycles. The number of carbonyl (C=O) groups excluding carboxylic acids is 1. The van der Waals surface area contributed by atoms with Crippen molar-refractivity contribution in [2.24, 2.45) is 7.05 Å². The standard InChI is InChI=1S/C11H11FN4O/c1-16-7-14-15-10(16)6-13-11(17)8-4-2-3-5-9(8)12/h2-5,7H,6H2,1H3,(H,13,17). The van der Waals surface area contributed by atoms with Crippen molar-refractivity contribution < 1.29 is 9.18 Å². The lowest BCUT2D eigenvalue weighted by molar-refractivity contribution is 0.0945. The van der Waals surface area contributed by atoms with Gasteiger partial charge in [0.1, 0.15) is 12.1 Å². The van der Waals surface area contributed by atoms with E-state index in [0.29, 0.717) is 5.82 Å². The van der Waals surface area contributed by atoms with Crippen molar-refractivity contribution in [2.45, 2.75) is 6.54 Å². The largest absolute Gasteiger partial charge is 0.345 e. The normalized spacial score (nSPS) is 10.2. The zero-order valence-electron chi connectivity index (χ0n) is 9.22. The minimum absolute atomic E-state index is 0.0228. The van der Waals surface area contributed by atoms with Crippen LogP contribution in [0, 0.1) is 5.82 Å². The summed E-state index contributed by atoms with van der Waals surface area (Å²) in [6.07, 6.45) is 1.53. The van der Waals surface area contributed by atoms with Gasteiger partial charge >= 0.3 is 0 Å². The molecule has 0 aliphatic rings. The molecule has 1 aromatic carbocycles. The van der Waals surface area contributed by atoms with Gasteiger partial charge in [0.15, 0.2) is 5.82 Å². The molecule has 0 unspecified atom stereocenters. The molecule has 2 aromatic rings. The Hall–Kier alpha value is -2.24. The minimum atomic E-state index is -0.539. The van der Waals surface area contributed by atoms with Gasteiger partial charge in [0.05, 0.1) is 12.1 Å². The molecule has 0 saturated heterocycles. The van der Waals surface area contributed by atoms with Gasteiger partial charge < -0.3 is 9.88 Å². The molecule has 0 aliphatic heterocycles. The lowest BCUT2D eigenvalue weighted by Gasteiger charge is -2.05. The average Bonchev–Trinajstić information content (AvgIpc) is 2.72. The molecule has 0 bridgehead atoms. The first-order chi connectivity index (χ1) is 8.18. The second-order valence-electron chi connectivity index (χ2n) is 3.52. The molecule has 5 nitrogen and oxygen atoms in total. The summed E-state index contributed by atoms with van der Waals surface area (Å²) in [7, 11) is 1.77. The monoisotopic (exact) mass is 234 g/mol. The van der Waals surface area contributed by atoms with Gasteiger partial charge in [0.2, 0.25) is 0 Å². The second-order valence-corrected chi connectivity index (χ2v) is 3.52. The van der Waals surface area contributed by atoms with Crippen molar-refractivity contribution >= 4 is 5.91 Å². The van der Waals surface area contributed by atoms with Gasteiger partial charge in [-0.15, -0.1) is 10.2 Å². The first kappa shape index (κ1) is 11.3. The van der Waals surface area contributed by atoms with Gasteiger partial charge in [-0.3, -0.25) is 4.79 Å². The molecule has 0 spiro atoms. The van der Waals surface area contributed by atoms with Crippen LogP contribution >= 0.6 is 0 Å². The maximum absolute atomic E-state index is 13.3. The van der Waals surface area contributed by atoms with Crippen LogP contribution in [-0.4, -0.2) is 20.7 Å². The minimum Gasteiger partial charge on any atom is -0.345 e. The first-order valence-corrected chi connectivity index (χ1v) is 5.04. The molecule has 0 radical (unpaired) electrons. The van der Waals surface area contributed by atoms with Crippen LogP contribution in [0.3, 0.4) is 0 Å². The maximum Gasteiger partial charge on any atom is 0.254 e. The van der Waals surface area contributed by atoms with E-state index in [9.17, 15) is 9.18 Å². The number of aryl methyl sites for hydroxylation is 1. The van der Waals surface area contributed by atoms with E-state index in [1.165, 1.54) is 24.5 Å². The van der Waals surface area contributed by atoms with Crippen molar-refractivity contribution in [1.82, 2.24) is 20.1 Å². The summed E-state index contributed by atoms with van der Waals surface area (Å²) in [5.74, 6) is -0.399. The smallest absolute Gasteiger partial charge is 0.254 e. The van der Waals surface area contributed by atoms with E-state index < -0.39 is 11.7 Å². The van der Waals surface area contributed by atoms with Gasteiger partial charge in [-0.25, -0.2) is 4.39 Å². The quantitative estimate of drug-likeness (QED) is 0.857. The number of carbonyl (C=O) groups is 1. The molecule has 1 aromatic heterocycles. The molecule has 0 saturated carbocycles. The Morgan fingerprint density at radius 3 is 2.88 bits per heavy atom. The number of rotatable bonds is 3. The third kappa shape index (κ3) is 2.47. The van der Waals surface area contributed by atoms with Crippen molar-refractivity contribution in [3.8, 4) is 0 Å². The number of benzene rings is 1. The Morgan fingerprint density at radius 2 is 2.24 bits per heavy atom. The van der Waals surface area contributed by atoms with Crippen molar-refractivity contribution in [3.63, 3.8) is 0 Å². The van der Waals surface area contributed by atoms with E-state index in [1.54, 1.807) is 17.7 Å². The second kappa shape index (κ2) is 4.73. The van der Waals surface area contributed by atoms with Gasteiger partial charge in [0.25, 0.3) is 5.91 Å². The van der Waals surface area contributed by atoms with Gasteiger partial charge in [-0.05, 0) is 12.1 Å². The summed E-state index contributed by atoms with van der Waals surface area (Å²) in [6, 6.07) is 5.83. The Balaban J connectivity index is 2.04. The third-order valence-electron chi connectivity index (χ3n) is 2.33. The van der Waals surface area contributed by atoms with E-state index in [2.05, 4.69) is 15.5 Å². The Labute approximate surface area is 97.3 Å². The average molecular weight is 234 g/mol. The van der Waals surface area contributed by atoms with E-state index in [4.69, 9.17) is 0 Å². The van der Waals surface area contributed by atoms with Gasteiger partial charge in [-0.1, -0.05) is 12.1 Å². The Kier molecular flexibility index (Phi) is 3.13. The number of nitrogens with one attached hydrogen (secondary N) is 1. The first-order valence-electron chi connectivity index (χ1n) is 5.04. The molecule has 0 fully saturated rings. The SMILES string of the molecule is Cn1cnnc1CNC(=O)c1ccccc1F. The van der Waals surface area contributed by atoms with Crippen LogP contribution in [0.5, 0.6) is 0 Å². The molecule has 17 heavy (non-hydrogen) atoms. The summed E-state index contributed by atoms with van der Waals surface area (Å²) < 4.78 is 15.0. The van der Waals surface area contributed by atoms with Crippen molar-refractivity contribution in [1.29, 1.82) is 0 Å². The van der Waals surface area contributed by atoms with Crippen LogP contribution in [-0.2, 0) is 13.6 Å². The van der Waals surface area contributed by atoms with Gasteiger partial charge in [-0.2, -0.15) is 0 Å². The van der Waals surface area contributed by atoms with Crippen LogP contribution in [0.1, 0.15) is 16.2 Å². The van der Waals surface area contributed by atoms with E-state index >= 15 is 0 Å². The number of halogens is 1. The number of nitrogens with zero attached hydrogens (tertiary/aromatic N) is 3. The van der Waals surface area contributed by atoms with Gasteiger partial charge in [0, 0.05) is 7.05 Å². The number of hydrogen-bond acceptors (Lipinski definition) is 3. The highest BCUT2D eigenvalue weighted by Gasteiger charge is 2.11. The highest BCUT2D eigenvalue weighted by Crippen LogP contribution is 2.06. The third-order valence-corrected chi connectivity index (χ3v) is 2.33. The maximum atomic E-state index is 13.3. The zero-order chi connectivity index (χ0) is 12.3. The molecule has 2 rings (SSSR count). The number of aromatic nitrogens is 3. The highest BCUT2D eigenvalue weighted by molar-refractivity contribution is 5.94. The van der Waals surface area contributed by atoms with Crippen LogP contribution in [0.15, 0.2) is 30.6 Å². The molecule has 0 atom stereocenters. The van der Waals surface area contributed by atoms with Crippen molar-refractivity contribution in [2.75, 3.05) is 0 Å². The summed E-state index contributed by atoms with van der Waals surface area (Å²) in [5.41, 5.74) is 0.0228. The summed E-state index contributed by atoms with van der Waals surface area (Å²) >= 11 is 0. The highest BCUT2D eigenvalue weighted by atomic mass is 19.1. The fraction of sp³-hybridized carbons (Fsp3) is 0.182. The van der Waals surface area contributed by atoms with E-state index in [0.717, 1.165) is 0 Å². The zero-order valence-corrected chi connectivity index (χ0v) is 9.22. The van der Waals surface area contributed by atoms with Crippen LogP contribution < -0.4 is 5.32 Å². The van der Waals surface area contributed by atoms with E-state index in [1.807, 2.05) is 0 Å². The number of hydrogen-bond donors (Lipinski definition) is 1. The van der Waals surface area contributed by atoms with Crippen LogP contribution in [0.2, 0.25) is 0 Å². The summed E-state index contributed by atoms with van der Waals surface area (Å²) in [4.78, 5) is 11.7. The molecular formula is C11H11FN4O. The Bertz CT molecular complexity index is 538. The van der Waals surface area contributed by atoms with E-state index in [-0.39, 0.29) is 12.1 Å². The predicted octanol–water partition coefficient (Wildman–Crippen LogP) is 0.884.